The van der Waals surface area contributed by atoms with Gasteiger partial charge in [-0.3, -0.25) is 4.79 Å². The van der Waals surface area contributed by atoms with Crippen LogP contribution >= 0.6 is 0 Å². The fraction of sp³-hybridized carbons (Fsp3) is 0.889. The topological polar surface area (TPSA) is 17.1 Å². The number of rotatable bonds is 0. The number of hydrogen-bond donors (Lipinski definition) is 0. The SMILES string of the molecule is CC12CCCC1(C)C(=O)C2. The second kappa shape index (κ2) is 1.46. The van der Waals surface area contributed by atoms with Crippen molar-refractivity contribution >= 4 is 5.78 Å². The molecule has 2 aliphatic carbocycles. The second-order valence-corrected chi connectivity index (χ2v) is 4.35. The van der Waals surface area contributed by atoms with Gasteiger partial charge in [-0.25, -0.2) is 0 Å². The lowest BCUT2D eigenvalue weighted by Crippen LogP contribution is -2.51. The highest BCUT2D eigenvalue weighted by atomic mass is 16.1. The van der Waals surface area contributed by atoms with Gasteiger partial charge in [0.1, 0.15) is 5.78 Å². The molecule has 1 heteroatoms. The molecule has 2 aliphatic rings. The molecule has 0 radical (unpaired) electrons. The number of carbonyl (C=O) groups is 1. The maximum Gasteiger partial charge on any atom is 0.139 e. The molecule has 0 N–H and O–H groups in total. The van der Waals surface area contributed by atoms with Crippen LogP contribution < -0.4 is 0 Å². The first-order chi connectivity index (χ1) is 4.58. The van der Waals surface area contributed by atoms with E-state index in [9.17, 15) is 4.79 Å². The summed E-state index contributed by atoms with van der Waals surface area (Å²) in [7, 11) is 0. The van der Waals surface area contributed by atoms with Crippen molar-refractivity contribution in [1.82, 2.24) is 0 Å². The smallest absolute Gasteiger partial charge is 0.139 e. The van der Waals surface area contributed by atoms with E-state index in [2.05, 4.69) is 13.8 Å². The molecule has 2 unspecified atom stereocenters. The minimum absolute atomic E-state index is 0.0903. The van der Waals surface area contributed by atoms with Crippen LogP contribution in [0.5, 0.6) is 0 Å². The molecule has 2 saturated carbocycles. The quantitative estimate of drug-likeness (QED) is 0.501. The Morgan fingerprint density at radius 3 is 2.40 bits per heavy atom. The normalized spacial score (nSPS) is 52.4. The van der Waals surface area contributed by atoms with E-state index in [4.69, 9.17) is 0 Å². The Bertz CT molecular complexity index is 197. The summed E-state index contributed by atoms with van der Waals surface area (Å²) < 4.78 is 0. The van der Waals surface area contributed by atoms with Gasteiger partial charge in [-0.15, -0.1) is 0 Å². The average molecular weight is 138 g/mol. The van der Waals surface area contributed by atoms with Crippen molar-refractivity contribution in [2.24, 2.45) is 10.8 Å². The summed E-state index contributed by atoms with van der Waals surface area (Å²) in [6, 6.07) is 0. The van der Waals surface area contributed by atoms with Crippen molar-refractivity contribution < 1.29 is 4.79 Å². The second-order valence-electron chi connectivity index (χ2n) is 4.35. The van der Waals surface area contributed by atoms with Gasteiger partial charge in [0.15, 0.2) is 0 Å². The van der Waals surface area contributed by atoms with E-state index in [-0.39, 0.29) is 5.41 Å². The van der Waals surface area contributed by atoms with E-state index in [0.717, 1.165) is 12.8 Å². The minimum atomic E-state index is 0.0903. The third-order valence-electron chi connectivity index (χ3n) is 3.90. The van der Waals surface area contributed by atoms with Gasteiger partial charge in [0.2, 0.25) is 0 Å². The Kier molecular flexibility index (Phi) is 0.934. The van der Waals surface area contributed by atoms with Gasteiger partial charge in [-0.1, -0.05) is 20.3 Å². The first-order valence-electron chi connectivity index (χ1n) is 4.12. The van der Waals surface area contributed by atoms with Gasteiger partial charge in [0, 0.05) is 11.8 Å². The zero-order chi connectivity index (χ0) is 7.41. The Labute approximate surface area is 61.8 Å². The largest absolute Gasteiger partial charge is 0.299 e. The third-order valence-corrected chi connectivity index (χ3v) is 3.90. The van der Waals surface area contributed by atoms with Crippen LogP contribution in [0.15, 0.2) is 0 Å². The molecule has 0 aromatic heterocycles. The first kappa shape index (κ1) is 6.38. The van der Waals surface area contributed by atoms with Crippen molar-refractivity contribution in [2.45, 2.75) is 39.5 Å². The Hall–Kier alpha value is -0.330. The molecule has 0 aromatic carbocycles. The molecule has 0 spiro atoms. The Morgan fingerprint density at radius 2 is 2.00 bits per heavy atom. The number of fused-ring (bicyclic) bond motifs is 1. The molecule has 56 valence electrons. The monoisotopic (exact) mass is 138 g/mol. The Morgan fingerprint density at radius 1 is 1.30 bits per heavy atom. The van der Waals surface area contributed by atoms with Crippen molar-refractivity contribution in [3.63, 3.8) is 0 Å². The molecule has 0 bridgehead atoms. The molecular formula is C9H14O. The fourth-order valence-corrected chi connectivity index (χ4v) is 2.61. The number of carbonyl (C=O) groups excluding carboxylic acids is 1. The van der Waals surface area contributed by atoms with Crippen LogP contribution in [0.1, 0.15) is 39.5 Å². The minimum Gasteiger partial charge on any atom is -0.299 e. The summed E-state index contributed by atoms with van der Waals surface area (Å²) in [5.41, 5.74) is 0.483. The standard InChI is InChI=1S/C9H14O/c1-8-4-3-5-9(8,2)7(10)6-8/h3-6H2,1-2H3. The van der Waals surface area contributed by atoms with Crippen LogP contribution in [0.4, 0.5) is 0 Å². The van der Waals surface area contributed by atoms with E-state index in [0.29, 0.717) is 11.2 Å². The zero-order valence-corrected chi connectivity index (χ0v) is 6.74. The van der Waals surface area contributed by atoms with Crippen LogP contribution in [0, 0.1) is 10.8 Å². The van der Waals surface area contributed by atoms with Crippen molar-refractivity contribution in [1.29, 1.82) is 0 Å². The molecule has 0 aromatic rings. The summed E-state index contributed by atoms with van der Waals surface area (Å²) in [6.07, 6.45) is 4.53. The summed E-state index contributed by atoms with van der Waals surface area (Å²) in [5, 5.41) is 0. The van der Waals surface area contributed by atoms with Crippen LogP contribution in [-0.2, 0) is 4.79 Å². The van der Waals surface area contributed by atoms with Crippen LogP contribution in [0.2, 0.25) is 0 Å². The fourth-order valence-electron chi connectivity index (χ4n) is 2.61. The number of ketones is 1. The lowest BCUT2D eigenvalue weighted by molar-refractivity contribution is -0.151. The maximum atomic E-state index is 11.2. The predicted molar refractivity (Wildman–Crippen MR) is 39.7 cm³/mol. The lowest BCUT2D eigenvalue weighted by atomic mass is 9.52. The molecule has 2 atom stereocenters. The van der Waals surface area contributed by atoms with Gasteiger partial charge in [0.25, 0.3) is 0 Å². The Balaban J connectivity index is 2.35. The number of Topliss-reactive ketones (excluding diaryl/α,β-unsaturated/α-hetero) is 1. The molecule has 0 heterocycles. The van der Waals surface area contributed by atoms with E-state index in [1.165, 1.54) is 12.8 Å². The average Bonchev–Trinajstić information content (AvgIpc) is 2.07. The van der Waals surface area contributed by atoms with Crippen molar-refractivity contribution in [2.75, 3.05) is 0 Å². The van der Waals surface area contributed by atoms with Gasteiger partial charge >= 0.3 is 0 Å². The highest BCUT2D eigenvalue weighted by molar-refractivity contribution is 5.93. The molecular weight excluding hydrogens is 124 g/mol. The van der Waals surface area contributed by atoms with E-state index >= 15 is 0 Å². The van der Waals surface area contributed by atoms with Gasteiger partial charge in [-0.05, 0) is 18.3 Å². The van der Waals surface area contributed by atoms with Crippen LogP contribution in [0.3, 0.4) is 0 Å². The summed E-state index contributed by atoms with van der Waals surface area (Å²) in [4.78, 5) is 11.2. The molecule has 0 saturated heterocycles. The molecule has 10 heavy (non-hydrogen) atoms. The van der Waals surface area contributed by atoms with Crippen LogP contribution in [0.25, 0.3) is 0 Å². The molecule has 0 amide bonds. The van der Waals surface area contributed by atoms with E-state index in [1.807, 2.05) is 0 Å². The highest BCUT2D eigenvalue weighted by Crippen LogP contribution is 2.63. The zero-order valence-electron chi connectivity index (χ0n) is 6.74. The molecule has 1 nitrogen and oxygen atoms in total. The van der Waals surface area contributed by atoms with Crippen LogP contribution in [-0.4, -0.2) is 5.78 Å². The lowest BCUT2D eigenvalue weighted by Gasteiger charge is -2.49. The van der Waals surface area contributed by atoms with Crippen molar-refractivity contribution in [3.05, 3.63) is 0 Å². The number of hydrogen-bond acceptors (Lipinski definition) is 1. The summed E-state index contributed by atoms with van der Waals surface area (Å²) in [5.74, 6) is 0.507. The molecule has 0 aliphatic heterocycles. The highest BCUT2D eigenvalue weighted by Gasteiger charge is 2.61. The van der Waals surface area contributed by atoms with E-state index in [1.54, 1.807) is 0 Å². The third kappa shape index (κ3) is 0.446. The summed E-state index contributed by atoms with van der Waals surface area (Å²) in [6.45, 7) is 4.41. The van der Waals surface area contributed by atoms with Gasteiger partial charge < -0.3 is 0 Å². The van der Waals surface area contributed by atoms with Gasteiger partial charge in [-0.2, -0.15) is 0 Å². The van der Waals surface area contributed by atoms with Crippen molar-refractivity contribution in [3.8, 4) is 0 Å². The van der Waals surface area contributed by atoms with E-state index < -0.39 is 0 Å². The molecule has 2 fully saturated rings. The van der Waals surface area contributed by atoms with Gasteiger partial charge in [0.05, 0.1) is 0 Å². The molecule has 2 rings (SSSR count). The maximum absolute atomic E-state index is 11.2. The summed E-state index contributed by atoms with van der Waals surface area (Å²) >= 11 is 0. The predicted octanol–water partition coefficient (Wildman–Crippen LogP) is 2.16. The first-order valence-corrected chi connectivity index (χ1v) is 4.12.